The third kappa shape index (κ3) is 3.20. The summed E-state index contributed by atoms with van der Waals surface area (Å²) >= 11 is 0. The fourth-order valence-electron chi connectivity index (χ4n) is 2.54. The molecule has 2 rings (SSSR count). The van der Waals surface area contributed by atoms with Crippen LogP contribution in [0, 0.1) is 0 Å². The standard InChI is InChI=1S/C12H18N2O4S2/c1-19(15,16)9-20(17,18)14-7-6-10-4-2-3-5-11(10)12(14)8-13/h2-5,12H,6-9,13H2,1H3. The second kappa shape index (κ2) is 5.44. The number of benzene rings is 1. The molecule has 8 heteroatoms. The summed E-state index contributed by atoms with van der Waals surface area (Å²) in [5.41, 5.74) is 7.64. The van der Waals surface area contributed by atoms with E-state index < -0.39 is 31.0 Å². The summed E-state index contributed by atoms with van der Waals surface area (Å²) in [6, 6.07) is 7.01. The number of sulfone groups is 1. The maximum atomic E-state index is 12.3. The van der Waals surface area contributed by atoms with Crippen molar-refractivity contribution in [1.82, 2.24) is 4.31 Å². The molecular weight excluding hydrogens is 300 g/mol. The van der Waals surface area contributed by atoms with Crippen LogP contribution in [0.15, 0.2) is 24.3 Å². The molecule has 0 saturated carbocycles. The molecule has 0 aliphatic carbocycles. The minimum Gasteiger partial charge on any atom is -0.329 e. The molecule has 1 aromatic rings. The van der Waals surface area contributed by atoms with Gasteiger partial charge in [0.2, 0.25) is 10.0 Å². The van der Waals surface area contributed by atoms with Gasteiger partial charge in [-0.15, -0.1) is 0 Å². The van der Waals surface area contributed by atoms with Crippen LogP contribution < -0.4 is 5.73 Å². The van der Waals surface area contributed by atoms with Crippen LogP contribution in [0.3, 0.4) is 0 Å². The summed E-state index contributed by atoms with van der Waals surface area (Å²) in [7, 11) is -7.49. The van der Waals surface area contributed by atoms with Crippen molar-refractivity contribution in [2.45, 2.75) is 12.5 Å². The van der Waals surface area contributed by atoms with E-state index in [4.69, 9.17) is 5.73 Å². The smallest absolute Gasteiger partial charge is 0.229 e. The SMILES string of the molecule is CS(=O)(=O)CS(=O)(=O)N1CCc2ccccc2C1CN. The van der Waals surface area contributed by atoms with E-state index >= 15 is 0 Å². The van der Waals surface area contributed by atoms with Gasteiger partial charge < -0.3 is 5.73 Å². The first-order valence-electron chi connectivity index (χ1n) is 6.20. The van der Waals surface area contributed by atoms with Crippen LogP contribution >= 0.6 is 0 Å². The lowest BCUT2D eigenvalue weighted by molar-refractivity contribution is 0.315. The quantitative estimate of drug-likeness (QED) is 0.834. The minimum atomic E-state index is -3.88. The first-order valence-corrected chi connectivity index (χ1v) is 9.87. The van der Waals surface area contributed by atoms with E-state index in [0.717, 1.165) is 17.4 Å². The molecular formula is C12H18N2O4S2. The molecule has 20 heavy (non-hydrogen) atoms. The molecule has 0 amide bonds. The Morgan fingerprint density at radius 1 is 1.25 bits per heavy atom. The Kier molecular flexibility index (Phi) is 4.19. The maximum Gasteiger partial charge on any atom is 0.229 e. The van der Waals surface area contributed by atoms with Gasteiger partial charge in [0.1, 0.15) is 0 Å². The van der Waals surface area contributed by atoms with Crippen LogP contribution in [-0.2, 0) is 26.3 Å². The predicted octanol–water partition coefficient (Wildman–Crippen LogP) is -0.124. The Morgan fingerprint density at radius 3 is 2.50 bits per heavy atom. The average molecular weight is 318 g/mol. The Balaban J connectivity index is 2.40. The number of nitrogens with two attached hydrogens (primary N) is 1. The number of sulfonamides is 1. The van der Waals surface area contributed by atoms with Crippen molar-refractivity contribution < 1.29 is 16.8 Å². The Bertz CT molecular complexity index is 698. The zero-order chi connectivity index (χ0) is 15.0. The van der Waals surface area contributed by atoms with Gasteiger partial charge in [0.05, 0.1) is 6.04 Å². The third-order valence-corrected chi connectivity index (χ3v) is 7.36. The van der Waals surface area contributed by atoms with E-state index in [9.17, 15) is 16.8 Å². The number of nitrogens with zero attached hydrogens (tertiary/aromatic N) is 1. The summed E-state index contributed by atoms with van der Waals surface area (Å²) in [5.74, 6) is 0. The van der Waals surface area contributed by atoms with Crippen LogP contribution in [0.5, 0.6) is 0 Å². The van der Waals surface area contributed by atoms with Crippen molar-refractivity contribution in [2.75, 3.05) is 24.4 Å². The largest absolute Gasteiger partial charge is 0.329 e. The predicted molar refractivity (Wildman–Crippen MR) is 77.3 cm³/mol. The van der Waals surface area contributed by atoms with E-state index in [1.165, 1.54) is 4.31 Å². The molecule has 0 spiro atoms. The molecule has 6 nitrogen and oxygen atoms in total. The van der Waals surface area contributed by atoms with Gasteiger partial charge in [0.15, 0.2) is 14.9 Å². The molecule has 0 fully saturated rings. The van der Waals surface area contributed by atoms with Crippen molar-refractivity contribution in [1.29, 1.82) is 0 Å². The van der Waals surface area contributed by atoms with Crippen molar-refractivity contribution in [2.24, 2.45) is 5.73 Å². The van der Waals surface area contributed by atoms with Crippen LogP contribution in [0.25, 0.3) is 0 Å². The highest BCUT2D eigenvalue weighted by Crippen LogP contribution is 2.31. The average Bonchev–Trinajstić information content (AvgIpc) is 2.34. The van der Waals surface area contributed by atoms with Gasteiger partial charge in [0.25, 0.3) is 0 Å². The monoisotopic (exact) mass is 318 g/mol. The van der Waals surface area contributed by atoms with E-state index in [2.05, 4.69) is 0 Å². The summed E-state index contributed by atoms with van der Waals surface area (Å²) < 4.78 is 48.3. The van der Waals surface area contributed by atoms with Gasteiger partial charge in [0, 0.05) is 19.3 Å². The second-order valence-electron chi connectivity index (χ2n) is 4.97. The third-order valence-electron chi connectivity index (χ3n) is 3.31. The topological polar surface area (TPSA) is 97.5 Å². The molecule has 0 aromatic heterocycles. The molecule has 0 radical (unpaired) electrons. The molecule has 0 saturated heterocycles. The molecule has 112 valence electrons. The molecule has 0 bridgehead atoms. The van der Waals surface area contributed by atoms with E-state index in [0.29, 0.717) is 6.42 Å². The Morgan fingerprint density at radius 2 is 1.90 bits per heavy atom. The highest BCUT2D eigenvalue weighted by atomic mass is 32.3. The summed E-state index contributed by atoms with van der Waals surface area (Å²) in [6.07, 6.45) is 1.48. The van der Waals surface area contributed by atoms with E-state index in [-0.39, 0.29) is 13.1 Å². The van der Waals surface area contributed by atoms with Gasteiger partial charge in [-0.2, -0.15) is 4.31 Å². The van der Waals surface area contributed by atoms with Gasteiger partial charge in [-0.3, -0.25) is 0 Å². The molecule has 1 heterocycles. The number of rotatable bonds is 4. The fourth-order valence-corrected chi connectivity index (χ4v) is 6.21. The van der Waals surface area contributed by atoms with Gasteiger partial charge in [-0.1, -0.05) is 24.3 Å². The van der Waals surface area contributed by atoms with Crippen LogP contribution in [0.4, 0.5) is 0 Å². The maximum absolute atomic E-state index is 12.3. The minimum absolute atomic E-state index is 0.125. The summed E-state index contributed by atoms with van der Waals surface area (Å²) in [6.45, 7) is 0.386. The van der Waals surface area contributed by atoms with Crippen LogP contribution in [0.2, 0.25) is 0 Å². The zero-order valence-electron chi connectivity index (χ0n) is 11.2. The lowest BCUT2D eigenvalue weighted by atomic mass is 9.94. The van der Waals surface area contributed by atoms with E-state index in [1.807, 2.05) is 24.3 Å². The normalized spacial score (nSPS) is 20.6. The molecule has 1 aliphatic heterocycles. The lowest BCUT2D eigenvalue weighted by Crippen LogP contribution is -2.45. The summed E-state index contributed by atoms with van der Waals surface area (Å²) in [5, 5.41) is -0.876. The first kappa shape index (κ1) is 15.4. The highest BCUT2D eigenvalue weighted by molar-refractivity contribution is 8.06. The molecule has 1 aliphatic rings. The first-order chi connectivity index (χ1) is 9.24. The molecule has 1 unspecified atom stereocenters. The van der Waals surface area contributed by atoms with Crippen LogP contribution in [-0.4, -0.2) is 45.6 Å². The number of hydrogen-bond acceptors (Lipinski definition) is 5. The van der Waals surface area contributed by atoms with Crippen LogP contribution in [0.1, 0.15) is 17.2 Å². The van der Waals surface area contributed by atoms with E-state index in [1.54, 1.807) is 0 Å². The lowest BCUT2D eigenvalue weighted by Gasteiger charge is -2.35. The molecule has 2 N–H and O–H groups in total. The fraction of sp³-hybridized carbons (Fsp3) is 0.500. The molecule has 1 aromatic carbocycles. The number of hydrogen-bond donors (Lipinski definition) is 1. The Hall–Kier alpha value is -0.960. The highest BCUT2D eigenvalue weighted by Gasteiger charge is 2.36. The van der Waals surface area contributed by atoms with Crippen molar-refractivity contribution in [3.05, 3.63) is 35.4 Å². The van der Waals surface area contributed by atoms with Crippen molar-refractivity contribution in [3.63, 3.8) is 0 Å². The molecule has 1 atom stereocenters. The van der Waals surface area contributed by atoms with Gasteiger partial charge >= 0.3 is 0 Å². The second-order valence-corrected chi connectivity index (χ2v) is 9.39. The summed E-state index contributed by atoms with van der Waals surface area (Å²) in [4.78, 5) is 0. The Labute approximate surface area is 119 Å². The number of fused-ring (bicyclic) bond motifs is 1. The zero-order valence-corrected chi connectivity index (χ0v) is 12.8. The van der Waals surface area contributed by atoms with Gasteiger partial charge in [-0.05, 0) is 17.5 Å². The van der Waals surface area contributed by atoms with Crippen molar-refractivity contribution >= 4 is 19.9 Å². The van der Waals surface area contributed by atoms with Crippen molar-refractivity contribution in [3.8, 4) is 0 Å². The van der Waals surface area contributed by atoms with Gasteiger partial charge in [-0.25, -0.2) is 16.8 Å².